The lowest BCUT2D eigenvalue weighted by Crippen LogP contribution is -2.43. The highest BCUT2D eigenvalue weighted by molar-refractivity contribution is 6.33. The van der Waals surface area contributed by atoms with Gasteiger partial charge in [0.25, 0.3) is 5.91 Å². The SMILES string of the molecule is COC(=O)[C@H](Cc1ccc(-c2ccc(C#N)cc2Cl)c2ncccc12)NC(=O)c1c(F)cc(NCC(F)(F)F)cc1F. The van der Waals surface area contributed by atoms with Crippen LogP contribution in [0.2, 0.25) is 5.02 Å². The third-order valence-electron chi connectivity index (χ3n) is 6.23. The summed E-state index contributed by atoms with van der Waals surface area (Å²) in [6, 6.07) is 13.2. The van der Waals surface area contributed by atoms with Crippen LogP contribution in [-0.2, 0) is 16.0 Å². The number of rotatable bonds is 8. The average molecular weight is 603 g/mol. The molecule has 2 N–H and O–H groups in total. The van der Waals surface area contributed by atoms with Crippen LogP contribution in [0, 0.1) is 23.0 Å². The van der Waals surface area contributed by atoms with Crippen molar-refractivity contribution in [2.45, 2.75) is 18.6 Å². The molecule has 0 bridgehead atoms. The normalized spacial score (nSPS) is 12.0. The van der Waals surface area contributed by atoms with Crippen LogP contribution in [-0.4, -0.2) is 42.7 Å². The van der Waals surface area contributed by atoms with Crippen LogP contribution >= 0.6 is 11.6 Å². The molecule has 0 aliphatic rings. The number of carbonyl (C=O) groups excluding carboxylic acids is 2. The molecule has 0 fully saturated rings. The monoisotopic (exact) mass is 602 g/mol. The van der Waals surface area contributed by atoms with Gasteiger partial charge in [-0.2, -0.15) is 18.4 Å². The zero-order valence-corrected chi connectivity index (χ0v) is 22.4. The van der Waals surface area contributed by atoms with Crippen LogP contribution in [0.1, 0.15) is 21.5 Å². The van der Waals surface area contributed by atoms with Gasteiger partial charge >= 0.3 is 12.1 Å². The fraction of sp³-hybridized carbons (Fsp3) is 0.172. The number of aromatic nitrogens is 1. The van der Waals surface area contributed by atoms with Crippen molar-refractivity contribution in [2.75, 3.05) is 19.0 Å². The van der Waals surface area contributed by atoms with Gasteiger partial charge in [0.1, 0.15) is 29.8 Å². The van der Waals surface area contributed by atoms with E-state index in [2.05, 4.69) is 10.3 Å². The average Bonchev–Trinajstić information content (AvgIpc) is 2.95. The highest BCUT2D eigenvalue weighted by atomic mass is 35.5. The van der Waals surface area contributed by atoms with E-state index in [-0.39, 0.29) is 6.42 Å². The van der Waals surface area contributed by atoms with Gasteiger partial charge in [-0.3, -0.25) is 9.78 Å². The highest BCUT2D eigenvalue weighted by Gasteiger charge is 2.29. The van der Waals surface area contributed by atoms with E-state index in [9.17, 15) is 31.5 Å². The number of esters is 1. The molecule has 1 atom stereocenters. The lowest BCUT2D eigenvalue weighted by molar-refractivity contribution is -0.142. The molecule has 0 aliphatic carbocycles. The van der Waals surface area contributed by atoms with Gasteiger partial charge in [-0.25, -0.2) is 13.6 Å². The summed E-state index contributed by atoms with van der Waals surface area (Å²) < 4.78 is 71.5. The number of halogens is 6. The highest BCUT2D eigenvalue weighted by Crippen LogP contribution is 2.35. The van der Waals surface area contributed by atoms with Crippen molar-refractivity contribution in [1.29, 1.82) is 5.26 Å². The van der Waals surface area contributed by atoms with E-state index in [4.69, 9.17) is 21.6 Å². The summed E-state index contributed by atoms with van der Waals surface area (Å²) in [4.78, 5) is 29.9. The van der Waals surface area contributed by atoms with Crippen molar-refractivity contribution in [3.8, 4) is 17.2 Å². The third-order valence-corrected chi connectivity index (χ3v) is 6.54. The summed E-state index contributed by atoms with van der Waals surface area (Å²) in [5.41, 5.74) is 1.01. The van der Waals surface area contributed by atoms with Crippen LogP contribution in [0.4, 0.5) is 27.6 Å². The van der Waals surface area contributed by atoms with Crippen molar-refractivity contribution in [1.82, 2.24) is 10.3 Å². The number of amides is 1. The number of nitrogens with one attached hydrogen (secondary N) is 2. The van der Waals surface area contributed by atoms with Crippen molar-refractivity contribution < 1.29 is 36.3 Å². The molecule has 4 aromatic rings. The van der Waals surface area contributed by atoms with E-state index < -0.39 is 53.5 Å². The first-order valence-electron chi connectivity index (χ1n) is 12.2. The van der Waals surface area contributed by atoms with Gasteiger partial charge in [-0.1, -0.05) is 35.9 Å². The Morgan fingerprint density at radius 3 is 2.38 bits per heavy atom. The number of hydrogen-bond acceptors (Lipinski definition) is 6. The summed E-state index contributed by atoms with van der Waals surface area (Å²) in [7, 11) is 1.07. The Kier molecular flexibility index (Phi) is 8.92. The van der Waals surface area contributed by atoms with Gasteiger partial charge in [0, 0.05) is 39.8 Å². The molecule has 1 heterocycles. The second-order valence-corrected chi connectivity index (χ2v) is 9.42. The summed E-state index contributed by atoms with van der Waals surface area (Å²) in [5.74, 6) is -5.09. The van der Waals surface area contributed by atoms with Gasteiger partial charge in [-0.15, -0.1) is 0 Å². The lowest BCUT2D eigenvalue weighted by Gasteiger charge is -2.19. The Balaban J connectivity index is 1.64. The molecule has 4 rings (SSSR count). The first kappa shape index (κ1) is 30.2. The molecule has 7 nitrogen and oxygen atoms in total. The Bertz CT molecular complexity index is 1700. The summed E-state index contributed by atoms with van der Waals surface area (Å²) in [6.07, 6.45) is -3.26. The molecule has 13 heteroatoms. The lowest BCUT2D eigenvalue weighted by atomic mass is 9.94. The van der Waals surface area contributed by atoms with Gasteiger partial charge in [-0.05, 0) is 35.9 Å². The van der Waals surface area contributed by atoms with E-state index in [0.717, 1.165) is 7.11 Å². The van der Waals surface area contributed by atoms with Crippen molar-refractivity contribution in [2.24, 2.45) is 0 Å². The van der Waals surface area contributed by atoms with Crippen LogP contribution in [0.15, 0.2) is 60.8 Å². The molecular formula is C29H20ClF5N4O3. The summed E-state index contributed by atoms with van der Waals surface area (Å²) in [6.45, 7) is -1.54. The van der Waals surface area contributed by atoms with Crippen molar-refractivity contribution >= 4 is 40.1 Å². The third kappa shape index (κ3) is 6.75. The minimum absolute atomic E-state index is 0.170. The van der Waals surface area contributed by atoms with E-state index in [1.54, 1.807) is 42.6 Å². The van der Waals surface area contributed by atoms with E-state index in [0.29, 0.717) is 50.3 Å². The Hall–Kier alpha value is -4.76. The molecule has 0 radical (unpaired) electrons. The number of pyridine rings is 1. The van der Waals surface area contributed by atoms with E-state index in [1.165, 1.54) is 6.07 Å². The quantitative estimate of drug-likeness (QED) is 0.184. The first-order chi connectivity index (χ1) is 19.9. The summed E-state index contributed by atoms with van der Waals surface area (Å²) in [5, 5.41) is 14.1. The fourth-order valence-corrected chi connectivity index (χ4v) is 4.59. The number of nitriles is 1. The number of methoxy groups -OCH3 is 1. The number of fused-ring (bicyclic) bond motifs is 1. The topological polar surface area (TPSA) is 104 Å². The minimum Gasteiger partial charge on any atom is -0.467 e. The van der Waals surface area contributed by atoms with E-state index in [1.807, 2.05) is 11.4 Å². The molecule has 3 aromatic carbocycles. The molecule has 0 aliphatic heterocycles. The molecule has 42 heavy (non-hydrogen) atoms. The van der Waals surface area contributed by atoms with Crippen LogP contribution < -0.4 is 10.6 Å². The number of ether oxygens (including phenoxy) is 1. The number of nitrogens with zero attached hydrogens (tertiary/aromatic N) is 2. The number of anilines is 1. The smallest absolute Gasteiger partial charge is 0.405 e. The maximum absolute atomic E-state index is 14.7. The zero-order valence-electron chi connectivity index (χ0n) is 21.7. The van der Waals surface area contributed by atoms with Crippen LogP contribution in [0.5, 0.6) is 0 Å². The maximum atomic E-state index is 14.7. The van der Waals surface area contributed by atoms with Gasteiger partial charge in [0.15, 0.2) is 0 Å². The van der Waals surface area contributed by atoms with Crippen LogP contribution in [0.3, 0.4) is 0 Å². The largest absolute Gasteiger partial charge is 0.467 e. The second-order valence-electron chi connectivity index (χ2n) is 9.02. The molecule has 0 saturated carbocycles. The number of alkyl halides is 3. The maximum Gasteiger partial charge on any atom is 0.405 e. The Morgan fingerprint density at radius 2 is 1.76 bits per heavy atom. The number of benzene rings is 3. The first-order valence-corrected chi connectivity index (χ1v) is 12.5. The van der Waals surface area contributed by atoms with Gasteiger partial charge in [0.05, 0.1) is 24.3 Å². The minimum atomic E-state index is -4.64. The fourth-order valence-electron chi connectivity index (χ4n) is 4.31. The molecule has 0 unspecified atom stereocenters. The number of carbonyl (C=O) groups is 2. The molecular weight excluding hydrogens is 583 g/mol. The molecule has 0 saturated heterocycles. The van der Waals surface area contributed by atoms with Crippen LogP contribution in [0.25, 0.3) is 22.0 Å². The predicted octanol–water partition coefficient (Wildman–Crippen LogP) is 6.19. The molecule has 0 spiro atoms. The molecule has 1 amide bonds. The van der Waals surface area contributed by atoms with Gasteiger partial charge in [0.2, 0.25) is 0 Å². The zero-order chi connectivity index (χ0) is 30.6. The Labute approximate surface area is 240 Å². The van der Waals surface area contributed by atoms with Gasteiger partial charge < -0.3 is 15.4 Å². The second kappa shape index (κ2) is 12.4. The molecule has 1 aromatic heterocycles. The Morgan fingerprint density at radius 1 is 1.07 bits per heavy atom. The predicted molar refractivity (Wildman–Crippen MR) is 145 cm³/mol. The molecule has 216 valence electrons. The van der Waals surface area contributed by atoms with Crippen molar-refractivity contribution in [3.05, 3.63) is 94.1 Å². The van der Waals surface area contributed by atoms with Crippen molar-refractivity contribution in [3.63, 3.8) is 0 Å². The van der Waals surface area contributed by atoms with E-state index >= 15 is 0 Å². The number of hydrogen-bond donors (Lipinski definition) is 2. The summed E-state index contributed by atoms with van der Waals surface area (Å²) >= 11 is 6.41. The standard InChI is InChI=1S/C29H20ClF5N4O3/c1-42-28(41)24(39-27(40)25-22(31)11-17(12-23(25)32)38-14-29(33,34)35)10-16-5-7-20(26-18(16)3-2-8-37-26)19-6-4-15(13-36)9-21(19)30/h2-9,11-12,24,38H,10,14H2,1H3,(H,39,40)/t24-/m0/s1.